The van der Waals surface area contributed by atoms with Crippen molar-refractivity contribution in [3.05, 3.63) is 33.8 Å². The van der Waals surface area contributed by atoms with Crippen molar-refractivity contribution >= 4 is 33.4 Å². The Morgan fingerprint density at radius 2 is 2.12 bits per heavy atom. The lowest BCUT2D eigenvalue weighted by Crippen LogP contribution is -2.35. The first-order chi connectivity index (χ1) is 7.85. The van der Waals surface area contributed by atoms with E-state index in [1.807, 2.05) is 39.0 Å². The van der Waals surface area contributed by atoms with Crippen molar-refractivity contribution in [1.29, 1.82) is 0 Å². The summed E-state index contributed by atoms with van der Waals surface area (Å²) in [4.78, 5) is 12.0. The van der Waals surface area contributed by atoms with E-state index in [1.165, 1.54) is 0 Å². The fourth-order valence-corrected chi connectivity index (χ4v) is 1.91. The summed E-state index contributed by atoms with van der Waals surface area (Å²) in [6.07, 6.45) is 0. The number of carbonyl (C=O) groups excluding carboxylic acids is 1. The molecule has 0 saturated heterocycles. The normalized spacial score (nSPS) is 11.4. The van der Waals surface area contributed by atoms with Gasteiger partial charge in [0.15, 0.2) is 0 Å². The van der Waals surface area contributed by atoms with Gasteiger partial charge in [0.05, 0.1) is 0 Å². The highest BCUT2D eigenvalue weighted by Crippen LogP contribution is 2.18. The van der Waals surface area contributed by atoms with Crippen molar-refractivity contribution in [2.45, 2.75) is 20.8 Å². The molecular formula is C13H17BrClNO. The van der Waals surface area contributed by atoms with Gasteiger partial charge in [0.25, 0.3) is 5.91 Å². The van der Waals surface area contributed by atoms with Crippen LogP contribution in [0.1, 0.15) is 29.8 Å². The highest BCUT2D eigenvalue weighted by Gasteiger charge is 2.18. The first-order valence-electron chi connectivity index (χ1n) is 5.46. The molecule has 94 valence electrons. The van der Waals surface area contributed by atoms with E-state index in [2.05, 4.69) is 21.2 Å². The summed E-state index contributed by atoms with van der Waals surface area (Å²) in [5.74, 6) is 0.472. The number of hydrogen-bond donors (Lipinski definition) is 1. The number of amides is 1. The standard InChI is InChI=1S/C13H17BrClNO/c1-9-6-10(14)4-5-11(9)12(17)16-8-13(2,3)7-15/h4-6H,7-8H2,1-3H3,(H,16,17). The van der Waals surface area contributed by atoms with Crippen LogP contribution < -0.4 is 5.32 Å². The van der Waals surface area contributed by atoms with Crippen molar-refractivity contribution in [1.82, 2.24) is 5.32 Å². The molecule has 2 nitrogen and oxygen atoms in total. The molecule has 0 aromatic heterocycles. The first-order valence-corrected chi connectivity index (χ1v) is 6.79. The number of aryl methyl sites for hydroxylation is 1. The summed E-state index contributed by atoms with van der Waals surface area (Å²) in [6.45, 7) is 6.54. The molecule has 0 radical (unpaired) electrons. The molecule has 17 heavy (non-hydrogen) atoms. The van der Waals surface area contributed by atoms with Crippen LogP contribution in [0.2, 0.25) is 0 Å². The zero-order chi connectivity index (χ0) is 13.1. The molecule has 1 amide bonds. The maximum absolute atomic E-state index is 12.0. The van der Waals surface area contributed by atoms with E-state index in [4.69, 9.17) is 11.6 Å². The van der Waals surface area contributed by atoms with E-state index < -0.39 is 0 Å². The highest BCUT2D eigenvalue weighted by molar-refractivity contribution is 9.10. The monoisotopic (exact) mass is 317 g/mol. The van der Waals surface area contributed by atoms with E-state index >= 15 is 0 Å². The highest BCUT2D eigenvalue weighted by atomic mass is 79.9. The van der Waals surface area contributed by atoms with Crippen molar-refractivity contribution in [3.8, 4) is 0 Å². The molecule has 0 aliphatic heterocycles. The Hall–Kier alpha value is -0.540. The lowest BCUT2D eigenvalue weighted by Gasteiger charge is -2.21. The second-order valence-corrected chi connectivity index (χ2v) is 6.12. The summed E-state index contributed by atoms with van der Waals surface area (Å²) in [5, 5.41) is 2.91. The van der Waals surface area contributed by atoms with Crippen LogP contribution in [-0.2, 0) is 0 Å². The van der Waals surface area contributed by atoms with Crippen LogP contribution in [0.4, 0.5) is 0 Å². The molecule has 0 atom stereocenters. The van der Waals surface area contributed by atoms with E-state index in [-0.39, 0.29) is 11.3 Å². The summed E-state index contributed by atoms with van der Waals surface area (Å²) in [6, 6.07) is 5.62. The van der Waals surface area contributed by atoms with Crippen LogP contribution in [0, 0.1) is 12.3 Å². The Kier molecular flexibility index (Phi) is 5.02. The number of benzene rings is 1. The summed E-state index contributed by atoms with van der Waals surface area (Å²) in [7, 11) is 0. The number of halogens is 2. The fraction of sp³-hybridized carbons (Fsp3) is 0.462. The number of carbonyl (C=O) groups is 1. The Balaban J connectivity index is 2.71. The van der Waals surface area contributed by atoms with E-state index in [0.29, 0.717) is 18.0 Å². The van der Waals surface area contributed by atoms with Gasteiger partial charge in [-0.25, -0.2) is 0 Å². The molecule has 0 spiro atoms. The van der Waals surface area contributed by atoms with Gasteiger partial charge in [0.2, 0.25) is 0 Å². The third-order valence-electron chi connectivity index (χ3n) is 2.52. The van der Waals surface area contributed by atoms with Gasteiger partial charge in [-0.15, -0.1) is 11.6 Å². The van der Waals surface area contributed by atoms with Crippen molar-refractivity contribution in [2.24, 2.45) is 5.41 Å². The smallest absolute Gasteiger partial charge is 0.251 e. The molecule has 0 heterocycles. The van der Waals surface area contributed by atoms with Gasteiger partial charge in [0.1, 0.15) is 0 Å². The minimum absolute atomic E-state index is 0.0480. The van der Waals surface area contributed by atoms with Gasteiger partial charge < -0.3 is 5.32 Å². The van der Waals surface area contributed by atoms with Gasteiger partial charge >= 0.3 is 0 Å². The summed E-state index contributed by atoms with van der Waals surface area (Å²) < 4.78 is 0.979. The molecule has 0 saturated carbocycles. The lowest BCUT2D eigenvalue weighted by atomic mass is 9.96. The van der Waals surface area contributed by atoms with Crippen molar-refractivity contribution in [3.63, 3.8) is 0 Å². The number of rotatable bonds is 4. The zero-order valence-electron chi connectivity index (χ0n) is 10.3. The second kappa shape index (κ2) is 5.87. The molecule has 1 aromatic carbocycles. The van der Waals surface area contributed by atoms with Crippen molar-refractivity contribution < 1.29 is 4.79 Å². The summed E-state index contributed by atoms with van der Waals surface area (Å²) >= 11 is 9.20. The topological polar surface area (TPSA) is 29.1 Å². The largest absolute Gasteiger partial charge is 0.351 e. The molecule has 1 aromatic rings. The Morgan fingerprint density at radius 1 is 1.47 bits per heavy atom. The molecule has 0 aliphatic carbocycles. The third kappa shape index (κ3) is 4.32. The number of hydrogen-bond acceptors (Lipinski definition) is 1. The number of nitrogens with one attached hydrogen (secondary N) is 1. The molecular weight excluding hydrogens is 302 g/mol. The number of alkyl halides is 1. The van der Waals surface area contributed by atoms with Crippen LogP contribution in [0.5, 0.6) is 0 Å². The van der Waals surface area contributed by atoms with Crippen LogP contribution in [0.25, 0.3) is 0 Å². The Morgan fingerprint density at radius 3 is 2.65 bits per heavy atom. The molecule has 0 bridgehead atoms. The lowest BCUT2D eigenvalue weighted by molar-refractivity contribution is 0.0939. The Labute approximate surface area is 116 Å². The summed E-state index contributed by atoms with van der Waals surface area (Å²) in [5.41, 5.74) is 1.58. The minimum atomic E-state index is -0.0829. The SMILES string of the molecule is Cc1cc(Br)ccc1C(=O)NCC(C)(C)CCl. The predicted molar refractivity (Wildman–Crippen MR) is 75.7 cm³/mol. The predicted octanol–water partition coefficient (Wildman–Crippen LogP) is 3.75. The first kappa shape index (κ1) is 14.5. The van der Waals surface area contributed by atoms with Crippen molar-refractivity contribution in [2.75, 3.05) is 12.4 Å². The molecule has 1 N–H and O–H groups in total. The van der Waals surface area contributed by atoms with Crippen LogP contribution in [-0.4, -0.2) is 18.3 Å². The average Bonchev–Trinajstić information content (AvgIpc) is 2.26. The maximum atomic E-state index is 12.0. The van der Waals surface area contributed by atoms with Gasteiger partial charge in [-0.05, 0) is 36.1 Å². The third-order valence-corrected chi connectivity index (χ3v) is 3.74. The maximum Gasteiger partial charge on any atom is 0.251 e. The Bertz CT molecular complexity index is 418. The molecule has 0 aliphatic rings. The fourth-order valence-electron chi connectivity index (χ4n) is 1.34. The van der Waals surface area contributed by atoms with Crippen LogP contribution in [0.15, 0.2) is 22.7 Å². The van der Waals surface area contributed by atoms with Crippen LogP contribution >= 0.6 is 27.5 Å². The average molecular weight is 319 g/mol. The van der Waals surface area contributed by atoms with Crippen LogP contribution in [0.3, 0.4) is 0 Å². The molecule has 0 unspecified atom stereocenters. The van der Waals surface area contributed by atoms with Gasteiger partial charge in [-0.3, -0.25) is 4.79 Å². The molecule has 0 fully saturated rings. The minimum Gasteiger partial charge on any atom is -0.351 e. The van der Waals surface area contributed by atoms with Gasteiger partial charge in [-0.2, -0.15) is 0 Å². The van der Waals surface area contributed by atoms with E-state index in [9.17, 15) is 4.79 Å². The van der Waals surface area contributed by atoms with Gasteiger partial charge in [-0.1, -0.05) is 29.8 Å². The molecule has 4 heteroatoms. The zero-order valence-corrected chi connectivity index (χ0v) is 12.7. The van der Waals surface area contributed by atoms with E-state index in [0.717, 1.165) is 10.0 Å². The quantitative estimate of drug-likeness (QED) is 0.842. The molecule has 1 rings (SSSR count). The second-order valence-electron chi connectivity index (χ2n) is 4.94. The van der Waals surface area contributed by atoms with Gasteiger partial charge in [0, 0.05) is 22.5 Å². The van der Waals surface area contributed by atoms with E-state index in [1.54, 1.807) is 0 Å².